The molecule has 0 aromatic carbocycles. The number of nitrogens with zero attached hydrogens (tertiary/aromatic N) is 2. The van der Waals surface area contributed by atoms with Crippen LogP contribution in [0.2, 0.25) is 0 Å². The van der Waals surface area contributed by atoms with Crippen LogP contribution in [0.3, 0.4) is 0 Å². The molecule has 2 rings (SSSR count). The number of carbonyl (C=O) groups is 1. The first-order valence-electron chi connectivity index (χ1n) is 13.9. The molecule has 0 bridgehead atoms. The van der Waals surface area contributed by atoms with Crippen molar-refractivity contribution in [2.75, 3.05) is 11.9 Å². The first-order valence-corrected chi connectivity index (χ1v) is 13.9. The summed E-state index contributed by atoms with van der Waals surface area (Å²) >= 11 is 0. The van der Waals surface area contributed by atoms with Gasteiger partial charge in [0.25, 0.3) is 0 Å². The maximum absolute atomic E-state index is 14.3. The average molecular weight is 574 g/mol. The van der Waals surface area contributed by atoms with Crippen LogP contribution in [-0.2, 0) is 9.53 Å². The molecule has 1 amide bonds. The number of hydrogen-bond acceptors (Lipinski definition) is 6. The molecule has 0 unspecified atom stereocenters. The highest BCUT2D eigenvalue weighted by atomic mass is 19.3. The number of ether oxygens (including phenoxy) is 1. The summed E-state index contributed by atoms with van der Waals surface area (Å²) in [4.78, 5) is 28.0. The zero-order valence-electron chi connectivity index (χ0n) is 23.4. The summed E-state index contributed by atoms with van der Waals surface area (Å²) in [6, 6.07) is 1.19. The number of carbonyl (C=O) groups excluding carboxylic acids is 1. The van der Waals surface area contributed by atoms with Crippen LogP contribution in [0.15, 0.2) is 90.0 Å². The number of aliphatic hydroxyl groups excluding tert-OH is 2. The number of hydrogen-bond donors (Lipinski definition) is 3. The molecule has 1 aliphatic heterocycles. The highest BCUT2D eigenvalue weighted by Crippen LogP contribution is 2.41. The Morgan fingerprint density at radius 1 is 0.976 bits per heavy atom. The van der Waals surface area contributed by atoms with Crippen LogP contribution in [0.4, 0.5) is 14.6 Å². The standard InChI is InChI=1S/C31H41F2N3O5/c1-2-3-4-5-6-7-8-9-10-11-12-13-14-15-16-17-18-19-20-21-27(38)34-26-22-23-36(30(40)35-26)29-31(32,33)28(39)25(24-37)41-29/h3-4,6-7,9-10,12-13,15-16,18-19,22-23,25,28-29,37,39H,2,5,8,11,14,17,20-21,24H2,1H3,(H,34,35,38,40)/b4-3+,7-6+,10-9+,13-12+,16-15+,19-18+/t25-,28-,29-/m1/s1. The van der Waals surface area contributed by atoms with Gasteiger partial charge in [0, 0.05) is 12.6 Å². The maximum atomic E-state index is 14.3. The average Bonchev–Trinajstić information content (AvgIpc) is 3.17. The number of rotatable bonds is 17. The number of amides is 1. The van der Waals surface area contributed by atoms with Crippen molar-refractivity contribution < 1.29 is 28.5 Å². The van der Waals surface area contributed by atoms with Gasteiger partial charge >= 0.3 is 11.6 Å². The van der Waals surface area contributed by atoms with E-state index in [1.807, 2.05) is 18.2 Å². The van der Waals surface area contributed by atoms with Crippen LogP contribution < -0.4 is 11.0 Å². The molecule has 3 atom stereocenters. The second kappa shape index (κ2) is 18.8. The molecule has 0 saturated carbocycles. The van der Waals surface area contributed by atoms with Crippen molar-refractivity contribution in [2.45, 2.75) is 82.6 Å². The van der Waals surface area contributed by atoms with Crippen molar-refractivity contribution in [3.8, 4) is 0 Å². The number of nitrogens with one attached hydrogen (secondary N) is 1. The summed E-state index contributed by atoms with van der Waals surface area (Å²) in [5.41, 5.74) is -1.09. The SMILES string of the molecule is CC/C=C/C/C=C/C/C=C/C/C=C/C/C=C/C/C=C/CCC(=O)Nc1ccn([C@@H]2O[C@H](CO)[C@@H](O)C2(F)F)c(=O)n1. The van der Waals surface area contributed by atoms with Gasteiger partial charge in [-0.1, -0.05) is 79.8 Å². The molecular weight excluding hydrogens is 532 g/mol. The van der Waals surface area contributed by atoms with Gasteiger partial charge in [0.15, 0.2) is 6.10 Å². The Balaban J connectivity index is 1.62. The monoisotopic (exact) mass is 573 g/mol. The molecule has 41 heavy (non-hydrogen) atoms. The highest BCUT2D eigenvalue weighted by Gasteiger charge is 2.59. The second-order valence-corrected chi connectivity index (χ2v) is 9.33. The fourth-order valence-corrected chi connectivity index (χ4v) is 3.84. The summed E-state index contributed by atoms with van der Waals surface area (Å²) in [5.74, 6) is -4.27. The largest absolute Gasteiger partial charge is 0.394 e. The Hall–Kier alpha value is -3.47. The highest BCUT2D eigenvalue weighted by molar-refractivity contribution is 5.89. The molecule has 0 aliphatic carbocycles. The van der Waals surface area contributed by atoms with Crippen LogP contribution in [0.5, 0.6) is 0 Å². The van der Waals surface area contributed by atoms with Crippen molar-refractivity contribution in [1.82, 2.24) is 9.55 Å². The smallest absolute Gasteiger partial charge is 0.351 e. The quantitative estimate of drug-likeness (QED) is 0.211. The van der Waals surface area contributed by atoms with Gasteiger partial charge in [0.05, 0.1) is 6.61 Å². The molecule has 1 fully saturated rings. The van der Waals surface area contributed by atoms with E-state index >= 15 is 0 Å². The Labute approximate surface area is 240 Å². The Morgan fingerprint density at radius 2 is 1.49 bits per heavy atom. The van der Waals surface area contributed by atoms with Crippen molar-refractivity contribution in [3.05, 3.63) is 95.7 Å². The first kappa shape index (κ1) is 33.7. The van der Waals surface area contributed by atoms with Gasteiger partial charge in [0.2, 0.25) is 12.1 Å². The van der Waals surface area contributed by atoms with E-state index in [1.165, 1.54) is 6.07 Å². The van der Waals surface area contributed by atoms with E-state index in [4.69, 9.17) is 9.84 Å². The number of anilines is 1. The minimum Gasteiger partial charge on any atom is -0.394 e. The van der Waals surface area contributed by atoms with Crippen LogP contribution in [0.1, 0.15) is 64.5 Å². The van der Waals surface area contributed by atoms with E-state index in [1.54, 1.807) is 0 Å². The second-order valence-electron chi connectivity index (χ2n) is 9.33. The predicted octanol–water partition coefficient (Wildman–Crippen LogP) is 5.55. The van der Waals surface area contributed by atoms with E-state index < -0.39 is 36.7 Å². The van der Waals surface area contributed by atoms with Gasteiger partial charge in [-0.05, 0) is 51.0 Å². The zero-order chi connectivity index (χ0) is 29.9. The number of alkyl halides is 2. The molecule has 10 heteroatoms. The van der Waals surface area contributed by atoms with E-state index in [2.05, 4.69) is 71.9 Å². The van der Waals surface area contributed by atoms with Gasteiger partial charge in [-0.3, -0.25) is 9.36 Å². The minimum atomic E-state index is -3.80. The fraction of sp³-hybridized carbons (Fsp3) is 0.452. The summed E-state index contributed by atoms with van der Waals surface area (Å²) < 4.78 is 34.0. The van der Waals surface area contributed by atoms with Crippen LogP contribution in [0, 0.1) is 0 Å². The predicted molar refractivity (Wildman–Crippen MR) is 157 cm³/mol. The van der Waals surface area contributed by atoms with Crippen LogP contribution in [0.25, 0.3) is 0 Å². The van der Waals surface area contributed by atoms with Crippen LogP contribution >= 0.6 is 0 Å². The Kier molecular flexibility index (Phi) is 15.5. The molecule has 0 spiro atoms. The first-order chi connectivity index (χ1) is 19.8. The molecule has 1 aromatic rings. The van der Waals surface area contributed by atoms with E-state index in [-0.39, 0.29) is 18.1 Å². The van der Waals surface area contributed by atoms with E-state index in [0.717, 1.165) is 44.7 Å². The lowest BCUT2D eigenvalue weighted by Gasteiger charge is -2.21. The van der Waals surface area contributed by atoms with E-state index in [9.17, 15) is 23.5 Å². The van der Waals surface area contributed by atoms with Gasteiger partial charge in [-0.25, -0.2) is 4.79 Å². The number of aliphatic hydroxyl groups is 2. The van der Waals surface area contributed by atoms with Crippen molar-refractivity contribution in [3.63, 3.8) is 0 Å². The van der Waals surface area contributed by atoms with Crippen molar-refractivity contribution >= 4 is 11.7 Å². The minimum absolute atomic E-state index is 0.0837. The fourth-order valence-electron chi connectivity index (χ4n) is 3.84. The Morgan fingerprint density at radius 3 is 1.95 bits per heavy atom. The number of allylic oxidation sites excluding steroid dienone is 12. The molecule has 224 valence electrons. The lowest BCUT2D eigenvalue weighted by Crippen LogP contribution is -2.41. The normalized spacial score (nSPS) is 21.1. The third kappa shape index (κ3) is 11.9. The zero-order valence-corrected chi connectivity index (χ0v) is 23.4. The Bertz CT molecular complexity index is 1170. The molecular formula is C31H41F2N3O5. The van der Waals surface area contributed by atoms with Crippen LogP contribution in [-0.4, -0.2) is 50.4 Å². The lowest BCUT2D eigenvalue weighted by molar-refractivity contribution is -0.141. The number of aromatic nitrogens is 2. The lowest BCUT2D eigenvalue weighted by atomic mass is 10.1. The molecule has 0 radical (unpaired) electrons. The summed E-state index contributed by atoms with van der Waals surface area (Å²) in [7, 11) is 0. The third-order valence-corrected chi connectivity index (χ3v) is 6.04. The molecule has 8 nitrogen and oxygen atoms in total. The topological polar surface area (TPSA) is 114 Å². The molecule has 1 aromatic heterocycles. The van der Waals surface area contributed by atoms with Gasteiger partial charge < -0.3 is 20.3 Å². The van der Waals surface area contributed by atoms with Gasteiger partial charge in [-0.2, -0.15) is 13.8 Å². The summed E-state index contributed by atoms with van der Waals surface area (Å²) in [6.07, 6.45) is 26.5. The van der Waals surface area contributed by atoms with Gasteiger partial charge in [-0.15, -0.1) is 0 Å². The molecule has 3 N–H and O–H groups in total. The van der Waals surface area contributed by atoms with Gasteiger partial charge in [0.1, 0.15) is 11.9 Å². The number of halogens is 2. The summed E-state index contributed by atoms with van der Waals surface area (Å²) in [5, 5.41) is 21.2. The maximum Gasteiger partial charge on any atom is 0.351 e. The molecule has 1 aliphatic rings. The van der Waals surface area contributed by atoms with Crippen molar-refractivity contribution in [2.24, 2.45) is 0 Å². The molecule has 1 saturated heterocycles. The third-order valence-electron chi connectivity index (χ3n) is 6.04. The van der Waals surface area contributed by atoms with E-state index in [0.29, 0.717) is 11.0 Å². The summed E-state index contributed by atoms with van der Waals surface area (Å²) in [6.45, 7) is 1.29. The van der Waals surface area contributed by atoms with Crippen molar-refractivity contribution in [1.29, 1.82) is 0 Å². The molecule has 2 heterocycles.